The summed E-state index contributed by atoms with van der Waals surface area (Å²) < 4.78 is 20.9. The van der Waals surface area contributed by atoms with E-state index in [1.807, 2.05) is 24.3 Å². The van der Waals surface area contributed by atoms with Crippen LogP contribution in [0.3, 0.4) is 0 Å². The van der Waals surface area contributed by atoms with E-state index in [0.29, 0.717) is 50.0 Å². The lowest BCUT2D eigenvalue weighted by Gasteiger charge is -2.14. The molecule has 32 heavy (non-hydrogen) atoms. The van der Waals surface area contributed by atoms with Crippen LogP contribution >= 0.6 is 11.6 Å². The van der Waals surface area contributed by atoms with Gasteiger partial charge in [0.25, 0.3) is 0 Å². The minimum Gasteiger partial charge on any atom is -0.362 e. The summed E-state index contributed by atoms with van der Waals surface area (Å²) in [6.45, 7) is 0.283. The Morgan fingerprint density at radius 2 is 1.94 bits per heavy atom. The van der Waals surface area contributed by atoms with Gasteiger partial charge in [-0.2, -0.15) is 0 Å². The molecule has 0 fully saturated rings. The van der Waals surface area contributed by atoms with Crippen LogP contribution in [0.15, 0.2) is 55.1 Å². The Bertz CT molecular complexity index is 1470. The lowest BCUT2D eigenvalue weighted by Crippen LogP contribution is -2.09. The van der Waals surface area contributed by atoms with E-state index in [2.05, 4.69) is 25.3 Å². The monoisotopic (exact) mass is 465 g/mol. The Kier molecular flexibility index (Phi) is 5.48. The smallest absolute Gasteiger partial charge is 0.182 e. The second-order valence-electron chi connectivity index (χ2n) is 6.93. The van der Waals surface area contributed by atoms with Crippen molar-refractivity contribution in [1.29, 1.82) is 0 Å². The summed E-state index contributed by atoms with van der Waals surface area (Å²) >= 11 is 4.47. The van der Waals surface area contributed by atoms with Gasteiger partial charge in [-0.1, -0.05) is 41.9 Å². The van der Waals surface area contributed by atoms with Gasteiger partial charge in [0.15, 0.2) is 22.5 Å². The number of aromatic amines is 1. The molecule has 3 heterocycles. The molecule has 0 bridgehead atoms. The highest BCUT2D eigenvalue weighted by atomic mass is 35.5. The molecule has 3 N–H and O–H groups in total. The number of hydrogen-bond donors (Lipinski definition) is 3. The van der Waals surface area contributed by atoms with Crippen LogP contribution < -0.4 is 5.32 Å². The van der Waals surface area contributed by atoms with Crippen molar-refractivity contribution in [1.82, 2.24) is 29.9 Å². The van der Waals surface area contributed by atoms with Gasteiger partial charge in [-0.25, -0.2) is 29.1 Å². The zero-order chi connectivity index (χ0) is 22.1. The summed E-state index contributed by atoms with van der Waals surface area (Å²) in [5.41, 5.74) is 5.03. The molecule has 0 spiro atoms. The maximum Gasteiger partial charge on any atom is 0.182 e. The molecule has 0 amide bonds. The van der Waals surface area contributed by atoms with Crippen LogP contribution in [0.4, 0.5) is 5.82 Å². The molecule has 2 aromatic carbocycles. The summed E-state index contributed by atoms with van der Waals surface area (Å²) in [5.74, 6) is 0.537. The zero-order valence-corrected chi connectivity index (χ0v) is 18.1. The van der Waals surface area contributed by atoms with Crippen molar-refractivity contribution in [3.63, 3.8) is 0 Å². The summed E-state index contributed by atoms with van der Waals surface area (Å²) in [6, 6.07) is 12.8. The van der Waals surface area contributed by atoms with Crippen LogP contribution in [0, 0.1) is 0 Å². The fraction of sp³-hybridized carbons (Fsp3) is 0.0952. The number of hydrogen-bond acceptors (Lipinski definition) is 7. The van der Waals surface area contributed by atoms with Gasteiger partial charge in [0.1, 0.15) is 11.8 Å². The molecule has 0 saturated carbocycles. The first-order chi connectivity index (χ1) is 15.6. The van der Waals surface area contributed by atoms with Crippen molar-refractivity contribution in [2.24, 2.45) is 0 Å². The predicted molar refractivity (Wildman–Crippen MR) is 123 cm³/mol. The van der Waals surface area contributed by atoms with Gasteiger partial charge >= 0.3 is 0 Å². The minimum absolute atomic E-state index is 0.0367. The average Bonchev–Trinajstić information content (AvgIpc) is 3.27. The third kappa shape index (κ3) is 3.91. The van der Waals surface area contributed by atoms with E-state index < -0.39 is 11.1 Å². The normalized spacial score (nSPS) is 12.3. The van der Waals surface area contributed by atoms with Crippen LogP contribution in [0.1, 0.15) is 11.3 Å². The van der Waals surface area contributed by atoms with Crippen molar-refractivity contribution >= 4 is 50.7 Å². The van der Waals surface area contributed by atoms with Crippen LogP contribution in [0.25, 0.3) is 33.5 Å². The van der Waals surface area contributed by atoms with E-state index >= 15 is 0 Å². The average molecular weight is 466 g/mol. The van der Waals surface area contributed by atoms with Gasteiger partial charge in [-0.05, 0) is 17.7 Å². The lowest BCUT2D eigenvalue weighted by molar-refractivity contribution is 0.563. The van der Waals surface area contributed by atoms with Crippen molar-refractivity contribution in [3.05, 3.63) is 71.4 Å². The highest BCUT2D eigenvalue weighted by molar-refractivity contribution is 7.78. The van der Waals surface area contributed by atoms with E-state index in [4.69, 9.17) is 21.6 Å². The number of anilines is 1. The van der Waals surface area contributed by atoms with Crippen LogP contribution in [0.2, 0.25) is 5.02 Å². The van der Waals surface area contributed by atoms with Gasteiger partial charge in [0, 0.05) is 5.56 Å². The second kappa shape index (κ2) is 8.58. The third-order valence-corrected chi connectivity index (χ3v) is 5.79. The van der Waals surface area contributed by atoms with E-state index in [1.54, 1.807) is 24.5 Å². The Labute approximate surface area is 189 Å². The molecule has 11 heteroatoms. The number of nitrogens with zero attached hydrogens (tertiary/aromatic N) is 5. The molecule has 0 aliphatic carbocycles. The fourth-order valence-electron chi connectivity index (χ4n) is 3.48. The van der Waals surface area contributed by atoms with Crippen LogP contribution in [-0.2, 0) is 23.4 Å². The highest BCUT2D eigenvalue weighted by Crippen LogP contribution is 2.31. The number of nitrogens with one attached hydrogen (secondary N) is 2. The number of rotatable bonds is 6. The first-order valence-electron chi connectivity index (χ1n) is 9.59. The first-order valence-corrected chi connectivity index (χ1v) is 11.2. The van der Waals surface area contributed by atoms with Crippen LogP contribution in [0.5, 0.6) is 0 Å². The van der Waals surface area contributed by atoms with E-state index in [9.17, 15) is 8.76 Å². The molecule has 1 unspecified atom stereocenters. The molecule has 9 nitrogen and oxygen atoms in total. The quantitative estimate of drug-likeness (QED) is 0.321. The van der Waals surface area contributed by atoms with Crippen molar-refractivity contribution in [3.8, 4) is 11.3 Å². The molecule has 1 atom stereocenters. The lowest BCUT2D eigenvalue weighted by atomic mass is 10.1. The molecule has 0 radical (unpaired) electrons. The fourth-order valence-corrected chi connectivity index (χ4v) is 4.20. The van der Waals surface area contributed by atoms with Gasteiger partial charge < -0.3 is 14.9 Å². The Morgan fingerprint density at radius 3 is 2.78 bits per heavy atom. The second-order valence-corrected chi connectivity index (χ2v) is 8.27. The SMILES string of the molecule is O=S(O)Cc1cccc2nc(-c3ccccc3Cl)c(CNc3ncnc4nc[nH]c34)nc12. The molecule has 0 saturated heterocycles. The standard InChI is InChI=1S/C21H16ClN7O2S/c22-14-6-2-1-5-13(14)18-16(8-23-20-19-21(25-10-24-19)27-11-26-20)29-17-12(9-32(30)31)4-3-7-15(17)28-18/h1-7,10-11H,8-9H2,(H,30,31)(H2,23,24,25,26,27). The van der Waals surface area contributed by atoms with Crippen LogP contribution in [-0.4, -0.2) is 38.7 Å². The topological polar surface area (TPSA) is 130 Å². The largest absolute Gasteiger partial charge is 0.362 e. The molecule has 5 aromatic rings. The van der Waals surface area contributed by atoms with Gasteiger partial charge in [-0.15, -0.1) is 0 Å². The Balaban J connectivity index is 1.64. The molecule has 0 aliphatic heterocycles. The number of benzene rings is 2. The molecule has 0 aliphatic rings. The molecule has 3 aromatic heterocycles. The number of H-pyrrole nitrogens is 1. The zero-order valence-electron chi connectivity index (χ0n) is 16.5. The Hall–Kier alpha value is -3.47. The summed E-state index contributed by atoms with van der Waals surface area (Å²) in [7, 11) is 0. The minimum atomic E-state index is -2.00. The van der Waals surface area contributed by atoms with Crippen molar-refractivity contribution in [2.75, 3.05) is 5.32 Å². The summed E-state index contributed by atoms with van der Waals surface area (Å²) in [4.78, 5) is 25.2. The number of fused-ring (bicyclic) bond motifs is 2. The number of halogens is 1. The molecule has 160 valence electrons. The number of para-hydroxylation sites is 1. The van der Waals surface area contributed by atoms with Gasteiger partial charge in [0.05, 0.1) is 46.1 Å². The maximum absolute atomic E-state index is 11.4. The van der Waals surface area contributed by atoms with Gasteiger partial charge in [0.2, 0.25) is 0 Å². The molecule has 5 rings (SSSR count). The van der Waals surface area contributed by atoms with Gasteiger partial charge in [-0.3, -0.25) is 0 Å². The van der Waals surface area contributed by atoms with E-state index in [-0.39, 0.29) is 12.3 Å². The number of aromatic nitrogens is 6. The molecular formula is C21H16ClN7O2S. The van der Waals surface area contributed by atoms with E-state index in [1.165, 1.54) is 6.33 Å². The van der Waals surface area contributed by atoms with Crippen molar-refractivity contribution in [2.45, 2.75) is 12.3 Å². The highest BCUT2D eigenvalue weighted by Gasteiger charge is 2.17. The third-order valence-electron chi connectivity index (χ3n) is 4.90. The molecular weight excluding hydrogens is 450 g/mol. The maximum atomic E-state index is 11.4. The van der Waals surface area contributed by atoms with E-state index in [0.717, 1.165) is 5.56 Å². The summed E-state index contributed by atoms with van der Waals surface area (Å²) in [6.07, 6.45) is 2.98. The Morgan fingerprint density at radius 1 is 1.06 bits per heavy atom. The number of imidazole rings is 1. The first kappa shape index (κ1) is 20.4. The van der Waals surface area contributed by atoms with Crippen molar-refractivity contribution < 1.29 is 8.76 Å². The summed E-state index contributed by atoms with van der Waals surface area (Å²) in [5, 5.41) is 3.82. The predicted octanol–water partition coefficient (Wildman–Crippen LogP) is 3.95.